The molecule has 0 atom stereocenters. The molecular weight excluding hydrogens is 308 g/mol. The fourth-order valence-electron chi connectivity index (χ4n) is 2.81. The topological polar surface area (TPSA) is 84.1 Å². The Labute approximate surface area is 130 Å². The van der Waals surface area contributed by atoms with Crippen LogP contribution in [0.4, 0.5) is 14.6 Å². The average Bonchev–Trinajstić information content (AvgIpc) is 3.01. The van der Waals surface area contributed by atoms with Crippen molar-refractivity contribution in [2.75, 3.05) is 18.0 Å². The second kappa shape index (κ2) is 6.27. The molecule has 122 valence electrons. The molecule has 7 nitrogen and oxygen atoms in total. The molecule has 9 heteroatoms. The van der Waals surface area contributed by atoms with Gasteiger partial charge in [-0.25, -0.2) is 23.2 Å². The van der Waals surface area contributed by atoms with E-state index in [1.165, 1.54) is 0 Å². The van der Waals surface area contributed by atoms with Crippen molar-refractivity contribution in [2.45, 2.75) is 25.3 Å². The molecule has 23 heavy (non-hydrogen) atoms. The first kappa shape index (κ1) is 15.3. The molecule has 0 amide bonds. The van der Waals surface area contributed by atoms with Gasteiger partial charge in [0.05, 0.1) is 6.04 Å². The molecule has 0 radical (unpaired) electrons. The second-order valence-corrected chi connectivity index (χ2v) is 5.28. The highest BCUT2D eigenvalue weighted by Gasteiger charge is 2.31. The maximum absolute atomic E-state index is 13.2. The van der Waals surface area contributed by atoms with Crippen molar-refractivity contribution < 1.29 is 18.7 Å². The number of halogens is 2. The van der Waals surface area contributed by atoms with Crippen molar-refractivity contribution >= 4 is 11.8 Å². The van der Waals surface area contributed by atoms with Crippen LogP contribution in [0.2, 0.25) is 0 Å². The predicted molar refractivity (Wildman–Crippen MR) is 76.7 cm³/mol. The number of rotatable bonds is 4. The number of hydrogen-bond donors (Lipinski definition) is 1. The van der Waals surface area contributed by atoms with Crippen LogP contribution in [0.1, 0.15) is 41.5 Å². The van der Waals surface area contributed by atoms with Crippen molar-refractivity contribution in [1.82, 2.24) is 20.0 Å². The lowest BCUT2D eigenvalue weighted by atomic mass is 10.0. The minimum Gasteiger partial charge on any atom is -0.476 e. The number of pyridine rings is 1. The van der Waals surface area contributed by atoms with E-state index in [0.717, 1.165) is 10.5 Å². The maximum Gasteiger partial charge on any atom is 0.358 e. The van der Waals surface area contributed by atoms with Crippen LogP contribution >= 0.6 is 0 Å². The molecule has 1 N–H and O–H groups in total. The van der Waals surface area contributed by atoms with Crippen molar-refractivity contribution in [3.05, 3.63) is 35.8 Å². The Balaban J connectivity index is 1.77. The van der Waals surface area contributed by atoms with Crippen molar-refractivity contribution in [1.29, 1.82) is 0 Å². The van der Waals surface area contributed by atoms with E-state index in [9.17, 15) is 13.6 Å². The lowest BCUT2D eigenvalue weighted by Crippen LogP contribution is -2.36. The van der Waals surface area contributed by atoms with E-state index < -0.39 is 23.8 Å². The smallest absolute Gasteiger partial charge is 0.358 e. The minimum atomic E-state index is -2.93. The summed E-state index contributed by atoms with van der Waals surface area (Å²) in [6.45, 7) is 1.26. The Hall–Kier alpha value is -2.58. The first-order valence-electron chi connectivity index (χ1n) is 7.20. The molecule has 0 unspecified atom stereocenters. The third kappa shape index (κ3) is 2.99. The number of carbonyl (C=O) groups is 1. The van der Waals surface area contributed by atoms with Crippen LogP contribution in [-0.2, 0) is 0 Å². The molecule has 0 saturated carbocycles. The van der Waals surface area contributed by atoms with Crippen LogP contribution in [0.5, 0.6) is 0 Å². The maximum atomic E-state index is 13.2. The van der Waals surface area contributed by atoms with Gasteiger partial charge in [-0.05, 0) is 25.0 Å². The number of alkyl halides is 2. The SMILES string of the molecule is O=C(O)c1nnn(C2CCN(c3ccccn3)CC2)c1C(F)F. The van der Waals surface area contributed by atoms with E-state index in [1.54, 1.807) is 6.20 Å². The second-order valence-electron chi connectivity index (χ2n) is 5.28. The summed E-state index contributed by atoms with van der Waals surface area (Å²) in [5.41, 5.74) is -1.29. The van der Waals surface area contributed by atoms with Gasteiger partial charge in [0.15, 0.2) is 5.69 Å². The highest BCUT2D eigenvalue weighted by molar-refractivity contribution is 5.86. The Morgan fingerprint density at radius 2 is 2.04 bits per heavy atom. The van der Waals surface area contributed by atoms with Gasteiger partial charge in [0, 0.05) is 19.3 Å². The Bertz CT molecular complexity index is 684. The average molecular weight is 323 g/mol. The van der Waals surface area contributed by atoms with Crippen LogP contribution in [-0.4, -0.2) is 44.1 Å². The number of hydrogen-bond acceptors (Lipinski definition) is 5. The summed E-state index contributed by atoms with van der Waals surface area (Å²) < 4.78 is 27.5. The molecule has 1 saturated heterocycles. The van der Waals surface area contributed by atoms with E-state index >= 15 is 0 Å². The summed E-state index contributed by atoms with van der Waals surface area (Å²) in [6, 6.07) is 5.32. The Morgan fingerprint density at radius 1 is 1.30 bits per heavy atom. The molecule has 2 aromatic rings. The number of nitrogens with zero attached hydrogens (tertiary/aromatic N) is 5. The molecule has 0 aromatic carbocycles. The molecule has 0 spiro atoms. The van der Waals surface area contributed by atoms with Crippen LogP contribution in [0.15, 0.2) is 24.4 Å². The third-order valence-electron chi connectivity index (χ3n) is 3.92. The fourth-order valence-corrected chi connectivity index (χ4v) is 2.81. The van der Waals surface area contributed by atoms with E-state index in [0.29, 0.717) is 25.9 Å². The van der Waals surface area contributed by atoms with Crippen molar-refractivity contribution in [3.63, 3.8) is 0 Å². The first-order chi connectivity index (χ1) is 11.1. The molecule has 3 rings (SSSR count). The van der Waals surface area contributed by atoms with Crippen molar-refractivity contribution in [2.24, 2.45) is 0 Å². The quantitative estimate of drug-likeness (QED) is 0.928. The van der Waals surface area contributed by atoms with E-state index in [-0.39, 0.29) is 6.04 Å². The number of aromatic carboxylic acids is 1. The molecule has 3 heterocycles. The summed E-state index contributed by atoms with van der Waals surface area (Å²) in [4.78, 5) is 17.3. The molecule has 0 aliphatic carbocycles. The van der Waals surface area contributed by atoms with Crippen LogP contribution in [0.25, 0.3) is 0 Å². The van der Waals surface area contributed by atoms with E-state index in [2.05, 4.69) is 20.2 Å². The zero-order valence-corrected chi connectivity index (χ0v) is 12.1. The minimum absolute atomic E-state index is 0.292. The fraction of sp³-hybridized carbons (Fsp3) is 0.429. The molecule has 2 aromatic heterocycles. The van der Waals surface area contributed by atoms with Crippen LogP contribution in [0.3, 0.4) is 0 Å². The summed E-state index contributed by atoms with van der Waals surface area (Å²) >= 11 is 0. The van der Waals surface area contributed by atoms with Gasteiger partial charge in [-0.15, -0.1) is 5.10 Å². The standard InChI is InChI=1S/C14H15F2N5O2/c15-13(16)12-11(14(22)23)18-19-21(12)9-4-7-20(8-5-9)10-3-1-2-6-17-10/h1-3,6,9,13H,4-5,7-8H2,(H,22,23). The lowest BCUT2D eigenvalue weighted by molar-refractivity contribution is 0.0674. The van der Waals surface area contributed by atoms with E-state index in [4.69, 9.17) is 5.11 Å². The van der Waals surface area contributed by atoms with Crippen LogP contribution < -0.4 is 4.90 Å². The van der Waals surface area contributed by atoms with Gasteiger partial charge >= 0.3 is 5.97 Å². The number of carboxylic acid groups (broad SMARTS) is 1. The highest BCUT2D eigenvalue weighted by atomic mass is 19.3. The van der Waals surface area contributed by atoms with Gasteiger partial charge in [-0.1, -0.05) is 11.3 Å². The summed E-state index contributed by atoms with van der Waals surface area (Å²) in [7, 11) is 0. The van der Waals surface area contributed by atoms with Gasteiger partial charge in [0.25, 0.3) is 6.43 Å². The van der Waals surface area contributed by atoms with Crippen molar-refractivity contribution in [3.8, 4) is 0 Å². The highest BCUT2D eigenvalue weighted by Crippen LogP contribution is 2.30. The summed E-state index contributed by atoms with van der Waals surface area (Å²) in [5.74, 6) is -0.651. The molecular formula is C14H15F2N5O2. The molecule has 1 aliphatic rings. The Morgan fingerprint density at radius 3 is 2.61 bits per heavy atom. The zero-order valence-electron chi connectivity index (χ0n) is 12.1. The molecule has 1 aliphatic heterocycles. The number of piperidine rings is 1. The molecule has 0 bridgehead atoms. The zero-order chi connectivity index (χ0) is 16.4. The largest absolute Gasteiger partial charge is 0.476 e. The Kier molecular flexibility index (Phi) is 4.18. The third-order valence-corrected chi connectivity index (χ3v) is 3.92. The van der Waals surface area contributed by atoms with Gasteiger partial charge in [0.1, 0.15) is 11.5 Å². The number of aromatic nitrogens is 4. The summed E-state index contributed by atoms with van der Waals surface area (Å²) in [5, 5.41) is 16.0. The van der Waals surface area contributed by atoms with Crippen LogP contribution in [0, 0.1) is 0 Å². The monoisotopic (exact) mass is 323 g/mol. The number of anilines is 1. The summed E-state index contributed by atoms with van der Waals surface area (Å²) in [6.07, 6.45) is -0.0884. The van der Waals surface area contributed by atoms with Gasteiger partial charge in [-0.3, -0.25) is 0 Å². The first-order valence-corrected chi connectivity index (χ1v) is 7.20. The van der Waals surface area contributed by atoms with Gasteiger partial charge in [0.2, 0.25) is 0 Å². The predicted octanol–water partition coefficient (Wildman–Crippen LogP) is 2.15. The molecule has 1 fully saturated rings. The normalized spacial score (nSPS) is 16.0. The van der Waals surface area contributed by atoms with E-state index in [1.807, 2.05) is 18.2 Å². The number of carboxylic acids is 1. The van der Waals surface area contributed by atoms with Gasteiger partial charge in [-0.2, -0.15) is 0 Å². The lowest BCUT2D eigenvalue weighted by Gasteiger charge is -2.33. The van der Waals surface area contributed by atoms with Gasteiger partial charge < -0.3 is 10.0 Å².